The molecule has 1 amide bonds. The second-order valence-corrected chi connectivity index (χ2v) is 10.6. The van der Waals surface area contributed by atoms with E-state index < -0.39 is 0 Å². The summed E-state index contributed by atoms with van der Waals surface area (Å²) in [7, 11) is 0. The number of carbonyl (C=O) groups is 2. The molecule has 1 saturated heterocycles. The van der Waals surface area contributed by atoms with Crippen LogP contribution in [0.4, 0.5) is 5.82 Å². The first-order valence-electron chi connectivity index (χ1n) is 13.9. The van der Waals surface area contributed by atoms with Crippen LogP contribution in [0.5, 0.6) is 17.4 Å². The van der Waals surface area contributed by atoms with Gasteiger partial charge < -0.3 is 14.8 Å². The number of carbonyl (C=O) groups excluding carboxylic acids is 2. The summed E-state index contributed by atoms with van der Waals surface area (Å²) in [5, 5.41) is 7.31. The first-order chi connectivity index (χ1) is 19.5. The molecule has 0 atom stereocenters. The molecule has 1 aliphatic heterocycles. The number of amides is 1. The number of aryl methyl sites for hydroxylation is 1. The fourth-order valence-electron chi connectivity index (χ4n) is 4.91. The van der Waals surface area contributed by atoms with Crippen molar-refractivity contribution in [2.24, 2.45) is 5.92 Å². The van der Waals surface area contributed by atoms with Crippen molar-refractivity contribution < 1.29 is 19.1 Å². The molecule has 2 aliphatic rings. The number of Topliss-reactive ketones (excluding diaryl/α,β-unsaturated/α-hetero) is 1. The molecular formula is C31H33N5O4. The Morgan fingerprint density at radius 1 is 1.02 bits per heavy atom. The second kappa shape index (κ2) is 11.5. The lowest BCUT2D eigenvalue weighted by Crippen LogP contribution is -2.25. The van der Waals surface area contributed by atoms with Gasteiger partial charge >= 0.3 is 0 Å². The molecule has 40 heavy (non-hydrogen) atoms. The number of nitrogens with one attached hydrogen (secondary N) is 1. The van der Waals surface area contributed by atoms with Gasteiger partial charge in [-0.05, 0) is 87.2 Å². The average molecular weight is 540 g/mol. The first-order valence-corrected chi connectivity index (χ1v) is 13.9. The SMILES string of the molecule is Cc1ccc(Oc2ccc3nc(NC(=O)C4CC4)cn3n2)cc1CC(=O)c1cccc(OCCN2CCCC2)c1. The van der Waals surface area contributed by atoms with Crippen LogP contribution in [-0.4, -0.2) is 57.4 Å². The summed E-state index contributed by atoms with van der Waals surface area (Å²) in [5.41, 5.74) is 3.13. The molecule has 0 unspecified atom stereocenters. The number of ether oxygens (including phenoxy) is 2. The number of likely N-dealkylation sites (tertiary alicyclic amines) is 1. The Bertz CT molecular complexity index is 1540. The van der Waals surface area contributed by atoms with Gasteiger partial charge in [0.25, 0.3) is 0 Å². The number of benzene rings is 2. The predicted octanol–water partition coefficient (Wildman–Crippen LogP) is 5.08. The van der Waals surface area contributed by atoms with E-state index in [4.69, 9.17) is 9.47 Å². The van der Waals surface area contributed by atoms with Crippen molar-refractivity contribution in [3.63, 3.8) is 0 Å². The molecule has 1 N–H and O–H groups in total. The zero-order valence-corrected chi connectivity index (χ0v) is 22.6. The van der Waals surface area contributed by atoms with Gasteiger partial charge in [0.05, 0.1) is 6.20 Å². The monoisotopic (exact) mass is 539 g/mol. The Kier molecular flexibility index (Phi) is 7.46. The number of ketones is 1. The van der Waals surface area contributed by atoms with E-state index in [0.717, 1.165) is 49.4 Å². The normalized spacial score (nSPS) is 15.3. The molecule has 2 aromatic carbocycles. The van der Waals surface area contributed by atoms with Crippen LogP contribution in [0.2, 0.25) is 0 Å². The maximum absolute atomic E-state index is 13.2. The fourth-order valence-corrected chi connectivity index (χ4v) is 4.91. The van der Waals surface area contributed by atoms with Gasteiger partial charge in [0, 0.05) is 30.5 Å². The number of fused-ring (bicyclic) bond motifs is 1. The predicted molar refractivity (Wildman–Crippen MR) is 151 cm³/mol. The highest BCUT2D eigenvalue weighted by Gasteiger charge is 2.30. The minimum atomic E-state index is -0.00150. The number of hydrogen-bond acceptors (Lipinski definition) is 7. The summed E-state index contributed by atoms with van der Waals surface area (Å²) in [6, 6.07) is 16.6. The average Bonchev–Trinajstić information content (AvgIpc) is 3.54. The third kappa shape index (κ3) is 6.31. The van der Waals surface area contributed by atoms with Crippen molar-refractivity contribution in [2.75, 3.05) is 31.6 Å². The van der Waals surface area contributed by atoms with Gasteiger partial charge in [0.2, 0.25) is 11.8 Å². The number of imidazole rings is 1. The summed E-state index contributed by atoms with van der Waals surface area (Å²) in [6.45, 7) is 5.78. The Balaban J connectivity index is 1.09. The van der Waals surface area contributed by atoms with Crippen LogP contribution in [0.15, 0.2) is 60.8 Å². The van der Waals surface area contributed by atoms with Crippen molar-refractivity contribution in [3.05, 3.63) is 77.5 Å². The maximum Gasteiger partial charge on any atom is 0.237 e. The Hall–Kier alpha value is -4.24. The van der Waals surface area contributed by atoms with Crippen molar-refractivity contribution in [1.82, 2.24) is 19.5 Å². The van der Waals surface area contributed by atoms with Crippen LogP contribution in [0, 0.1) is 12.8 Å². The molecule has 206 valence electrons. The molecule has 2 aromatic heterocycles. The summed E-state index contributed by atoms with van der Waals surface area (Å²) < 4.78 is 13.5. The Morgan fingerprint density at radius 3 is 2.70 bits per heavy atom. The highest BCUT2D eigenvalue weighted by Crippen LogP contribution is 2.30. The van der Waals surface area contributed by atoms with E-state index in [1.165, 1.54) is 12.8 Å². The fraction of sp³-hybridized carbons (Fsp3) is 0.355. The molecule has 6 rings (SSSR count). The Morgan fingerprint density at radius 2 is 1.88 bits per heavy atom. The first kappa shape index (κ1) is 26.0. The van der Waals surface area contributed by atoms with E-state index in [1.54, 1.807) is 22.8 Å². The number of anilines is 1. The van der Waals surface area contributed by atoms with E-state index in [9.17, 15) is 9.59 Å². The molecule has 1 aliphatic carbocycles. The van der Waals surface area contributed by atoms with Crippen LogP contribution in [0.25, 0.3) is 5.65 Å². The van der Waals surface area contributed by atoms with Gasteiger partial charge in [0.1, 0.15) is 18.1 Å². The molecular weight excluding hydrogens is 506 g/mol. The number of rotatable bonds is 11. The number of hydrogen-bond donors (Lipinski definition) is 1. The van der Waals surface area contributed by atoms with Crippen molar-refractivity contribution >= 4 is 23.2 Å². The number of aromatic nitrogens is 3. The summed E-state index contributed by atoms with van der Waals surface area (Å²) in [4.78, 5) is 32.0. The smallest absolute Gasteiger partial charge is 0.237 e. The summed E-state index contributed by atoms with van der Waals surface area (Å²) in [5.74, 6) is 2.27. The van der Waals surface area contributed by atoms with Crippen LogP contribution in [0.1, 0.15) is 47.2 Å². The third-order valence-electron chi connectivity index (χ3n) is 7.42. The van der Waals surface area contributed by atoms with Crippen molar-refractivity contribution in [2.45, 2.75) is 39.0 Å². The van der Waals surface area contributed by atoms with Crippen molar-refractivity contribution in [3.8, 4) is 17.4 Å². The Labute approximate surface area is 233 Å². The highest BCUT2D eigenvalue weighted by molar-refractivity contribution is 5.98. The van der Waals surface area contributed by atoms with E-state index in [2.05, 4.69) is 20.3 Å². The summed E-state index contributed by atoms with van der Waals surface area (Å²) in [6.07, 6.45) is 6.30. The van der Waals surface area contributed by atoms with Gasteiger partial charge in [-0.25, -0.2) is 9.50 Å². The maximum atomic E-state index is 13.2. The zero-order chi connectivity index (χ0) is 27.5. The molecule has 2 fully saturated rings. The molecule has 9 nitrogen and oxygen atoms in total. The molecule has 0 radical (unpaired) electrons. The molecule has 9 heteroatoms. The minimum absolute atomic E-state index is 0.00150. The third-order valence-corrected chi connectivity index (χ3v) is 7.42. The van der Waals surface area contributed by atoms with E-state index >= 15 is 0 Å². The summed E-state index contributed by atoms with van der Waals surface area (Å²) >= 11 is 0. The van der Waals surface area contributed by atoms with Gasteiger partial charge in [-0.15, -0.1) is 5.10 Å². The van der Waals surface area contributed by atoms with Gasteiger partial charge in [-0.3, -0.25) is 14.5 Å². The number of nitrogens with zero attached hydrogens (tertiary/aromatic N) is 4. The van der Waals surface area contributed by atoms with Crippen LogP contribution < -0.4 is 14.8 Å². The molecule has 0 spiro atoms. The van der Waals surface area contributed by atoms with Gasteiger partial charge in [-0.2, -0.15) is 0 Å². The van der Waals surface area contributed by atoms with E-state index in [1.807, 2.05) is 49.4 Å². The minimum Gasteiger partial charge on any atom is -0.492 e. The lowest BCUT2D eigenvalue weighted by atomic mass is 9.99. The van der Waals surface area contributed by atoms with Crippen LogP contribution >= 0.6 is 0 Å². The zero-order valence-electron chi connectivity index (χ0n) is 22.6. The molecule has 1 saturated carbocycles. The lowest BCUT2D eigenvalue weighted by molar-refractivity contribution is -0.117. The molecule has 3 heterocycles. The quantitative estimate of drug-likeness (QED) is 0.266. The van der Waals surface area contributed by atoms with Crippen LogP contribution in [-0.2, 0) is 11.2 Å². The molecule has 0 bridgehead atoms. The van der Waals surface area contributed by atoms with Gasteiger partial charge in [0.15, 0.2) is 17.2 Å². The second-order valence-electron chi connectivity index (χ2n) is 10.6. The topological polar surface area (TPSA) is 98.1 Å². The lowest BCUT2D eigenvalue weighted by Gasteiger charge is -2.15. The van der Waals surface area contributed by atoms with Gasteiger partial charge in [-0.1, -0.05) is 18.2 Å². The van der Waals surface area contributed by atoms with E-state index in [0.29, 0.717) is 35.3 Å². The standard InChI is InChI=1S/C31H33N5O4/c1-21-7-10-26(40-30-12-11-29-32-28(20-36(29)34-30)33-31(38)22-8-9-22)18-24(21)19-27(37)23-5-4-6-25(17-23)39-16-15-35-13-2-3-14-35/h4-7,10-12,17-18,20,22H,2-3,8-9,13-16,19H2,1H3,(H,33,38). The largest absolute Gasteiger partial charge is 0.492 e. The van der Waals surface area contributed by atoms with Crippen LogP contribution in [0.3, 0.4) is 0 Å². The molecule has 4 aromatic rings. The van der Waals surface area contributed by atoms with E-state index in [-0.39, 0.29) is 24.0 Å². The van der Waals surface area contributed by atoms with Crippen molar-refractivity contribution in [1.29, 1.82) is 0 Å². The highest BCUT2D eigenvalue weighted by atomic mass is 16.5.